The third-order valence-corrected chi connectivity index (χ3v) is 3.08. The molecule has 1 aliphatic rings. The van der Waals surface area contributed by atoms with Crippen molar-refractivity contribution in [1.82, 2.24) is 0 Å². The summed E-state index contributed by atoms with van der Waals surface area (Å²) in [5.41, 5.74) is 2.39. The molecule has 70 valence electrons. The highest BCUT2D eigenvalue weighted by molar-refractivity contribution is 9.10. The van der Waals surface area contributed by atoms with Crippen LogP contribution >= 0.6 is 15.9 Å². The molecule has 0 saturated heterocycles. The molecule has 0 fully saturated rings. The average molecular weight is 243 g/mol. The van der Waals surface area contributed by atoms with Crippen molar-refractivity contribution in [3.63, 3.8) is 0 Å². The highest BCUT2D eigenvalue weighted by atomic mass is 79.9. The van der Waals surface area contributed by atoms with Crippen LogP contribution in [0.3, 0.4) is 0 Å². The van der Waals surface area contributed by atoms with Crippen LogP contribution in [0.2, 0.25) is 0 Å². The van der Waals surface area contributed by atoms with E-state index in [2.05, 4.69) is 15.9 Å². The van der Waals surface area contributed by atoms with Gasteiger partial charge in [0.2, 0.25) is 0 Å². The van der Waals surface area contributed by atoms with Crippen LogP contribution in [-0.2, 0) is 11.2 Å². The van der Waals surface area contributed by atoms with Crippen molar-refractivity contribution in [2.45, 2.75) is 12.5 Å². The normalized spacial score (nSPS) is 21.2. The van der Waals surface area contributed by atoms with Crippen LogP contribution in [0.1, 0.15) is 17.2 Å². The minimum absolute atomic E-state index is 0.0590. The summed E-state index contributed by atoms with van der Waals surface area (Å²) in [5.74, 6) is 0. The second-order valence-electron chi connectivity index (χ2n) is 3.10. The molecule has 1 heterocycles. The molecule has 1 unspecified atom stereocenters. The Hall–Kier alpha value is -0.380. The highest BCUT2D eigenvalue weighted by Crippen LogP contribution is 2.31. The number of aliphatic hydroxyl groups excluding tert-OH is 1. The minimum atomic E-state index is -0.138. The van der Waals surface area contributed by atoms with E-state index < -0.39 is 0 Å². The molecule has 2 nitrogen and oxygen atoms in total. The molecule has 0 bridgehead atoms. The van der Waals surface area contributed by atoms with Crippen molar-refractivity contribution in [3.8, 4) is 0 Å². The second-order valence-corrected chi connectivity index (χ2v) is 3.95. The first-order valence-electron chi connectivity index (χ1n) is 4.32. The summed E-state index contributed by atoms with van der Waals surface area (Å²) in [4.78, 5) is 0. The summed E-state index contributed by atoms with van der Waals surface area (Å²) in [7, 11) is 0. The molecule has 0 aliphatic carbocycles. The fourth-order valence-corrected chi connectivity index (χ4v) is 2.26. The summed E-state index contributed by atoms with van der Waals surface area (Å²) in [6.07, 6.45) is 0.786. The molecular formula is C10H11BrO2. The van der Waals surface area contributed by atoms with Gasteiger partial charge in [-0.1, -0.05) is 28.1 Å². The Morgan fingerprint density at radius 3 is 3.15 bits per heavy atom. The number of hydrogen-bond acceptors (Lipinski definition) is 2. The smallest absolute Gasteiger partial charge is 0.106 e. The molecular weight excluding hydrogens is 232 g/mol. The summed E-state index contributed by atoms with van der Waals surface area (Å²) >= 11 is 3.50. The fraction of sp³-hybridized carbons (Fsp3) is 0.400. The van der Waals surface area contributed by atoms with Gasteiger partial charge in [0.05, 0.1) is 13.2 Å². The lowest BCUT2D eigenvalue weighted by atomic mass is 9.98. The summed E-state index contributed by atoms with van der Waals surface area (Å²) in [6.45, 7) is 0.754. The van der Waals surface area contributed by atoms with Gasteiger partial charge in [-0.25, -0.2) is 0 Å². The van der Waals surface area contributed by atoms with Gasteiger partial charge in [-0.15, -0.1) is 0 Å². The number of aliphatic hydroxyl groups is 1. The molecule has 1 aromatic rings. The lowest BCUT2D eigenvalue weighted by molar-refractivity contribution is 0.00302. The molecule has 0 radical (unpaired) electrons. The zero-order chi connectivity index (χ0) is 9.26. The molecule has 1 N–H and O–H groups in total. The summed E-state index contributed by atoms with van der Waals surface area (Å²) in [6, 6.07) is 6.01. The fourth-order valence-electron chi connectivity index (χ4n) is 1.68. The van der Waals surface area contributed by atoms with Gasteiger partial charge >= 0.3 is 0 Å². The van der Waals surface area contributed by atoms with Crippen molar-refractivity contribution in [2.75, 3.05) is 13.2 Å². The Bertz CT molecular complexity index is 312. The van der Waals surface area contributed by atoms with Crippen LogP contribution in [0.5, 0.6) is 0 Å². The Morgan fingerprint density at radius 2 is 2.38 bits per heavy atom. The van der Waals surface area contributed by atoms with Gasteiger partial charge in [0.25, 0.3) is 0 Å². The van der Waals surface area contributed by atoms with Gasteiger partial charge in [-0.05, 0) is 23.6 Å². The first kappa shape index (κ1) is 9.19. The molecule has 1 aromatic carbocycles. The van der Waals surface area contributed by atoms with Crippen LogP contribution in [0.4, 0.5) is 0 Å². The third-order valence-electron chi connectivity index (χ3n) is 2.34. The van der Waals surface area contributed by atoms with Gasteiger partial charge in [-0.3, -0.25) is 0 Å². The minimum Gasteiger partial charge on any atom is -0.393 e. The van der Waals surface area contributed by atoms with Crippen molar-refractivity contribution >= 4 is 15.9 Å². The Morgan fingerprint density at radius 1 is 1.54 bits per heavy atom. The van der Waals surface area contributed by atoms with Crippen LogP contribution in [0.25, 0.3) is 0 Å². The third kappa shape index (κ3) is 1.64. The maximum absolute atomic E-state index is 9.09. The van der Waals surface area contributed by atoms with Crippen molar-refractivity contribution in [1.29, 1.82) is 0 Å². The van der Waals surface area contributed by atoms with Crippen LogP contribution in [0, 0.1) is 0 Å². The molecule has 0 spiro atoms. The highest BCUT2D eigenvalue weighted by Gasteiger charge is 2.20. The van der Waals surface area contributed by atoms with Gasteiger partial charge in [0.15, 0.2) is 0 Å². The molecule has 13 heavy (non-hydrogen) atoms. The Balaban J connectivity index is 2.45. The molecule has 0 aromatic heterocycles. The van der Waals surface area contributed by atoms with Crippen LogP contribution in [-0.4, -0.2) is 18.3 Å². The first-order chi connectivity index (χ1) is 6.33. The van der Waals surface area contributed by atoms with E-state index in [9.17, 15) is 0 Å². The number of hydrogen-bond donors (Lipinski definition) is 1. The summed E-state index contributed by atoms with van der Waals surface area (Å²) < 4.78 is 6.56. The molecule has 0 amide bonds. The van der Waals surface area contributed by atoms with Crippen molar-refractivity contribution < 1.29 is 9.84 Å². The topological polar surface area (TPSA) is 29.5 Å². The molecule has 3 heteroatoms. The maximum atomic E-state index is 9.09. The van der Waals surface area contributed by atoms with E-state index >= 15 is 0 Å². The number of rotatable bonds is 1. The predicted molar refractivity (Wildman–Crippen MR) is 53.6 cm³/mol. The van der Waals surface area contributed by atoms with Crippen molar-refractivity contribution in [3.05, 3.63) is 33.8 Å². The van der Waals surface area contributed by atoms with Crippen molar-refractivity contribution in [2.24, 2.45) is 0 Å². The maximum Gasteiger partial charge on any atom is 0.106 e. The number of benzene rings is 1. The van der Waals surface area contributed by atoms with E-state index in [1.165, 1.54) is 5.56 Å². The van der Waals surface area contributed by atoms with Crippen LogP contribution < -0.4 is 0 Å². The zero-order valence-corrected chi connectivity index (χ0v) is 8.75. The monoisotopic (exact) mass is 242 g/mol. The van der Waals surface area contributed by atoms with Gasteiger partial charge in [-0.2, -0.15) is 0 Å². The van der Waals surface area contributed by atoms with E-state index in [1.807, 2.05) is 18.2 Å². The van der Waals surface area contributed by atoms with Gasteiger partial charge in [0.1, 0.15) is 6.10 Å². The number of halogens is 1. The molecule has 0 saturated carbocycles. The van der Waals surface area contributed by atoms with E-state index in [4.69, 9.17) is 9.84 Å². The van der Waals surface area contributed by atoms with E-state index in [-0.39, 0.29) is 12.7 Å². The first-order valence-corrected chi connectivity index (χ1v) is 5.12. The number of ether oxygens (including phenoxy) is 1. The predicted octanol–water partition coefficient (Wildman–Crippen LogP) is 2.06. The molecule has 2 rings (SSSR count). The number of fused-ring (bicyclic) bond motifs is 1. The quantitative estimate of drug-likeness (QED) is 0.817. The van der Waals surface area contributed by atoms with E-state index in [1.54, 1.807) is 0 Å². The largest absolute Gasteiger partial charge is 0.393 e. The Kier molecular flexibility index (Phi) is 2.67. The SMILES string of the molecule is OCC1OCCc2c(Br)cccc21. The van der Waals surface area contributed by atoms with Crippen LogP contribution in [0.15, 0.2) is 22.7 Å². The molecule has 1 atom stereocenters. The summed E-state index contributed by atoms with van der Waals surface area (Å²) in [5, 5.41) is 9.09. The van der Waals surface area contributed by atoms with E-state index in [0.717, 1.165) is 16.5 Å². The van der Waals surface area contributed by atoms with E-state index in [0.29, 0.717) is 6.61 Å². The standard InChI is InChI=1S/C10H11BrO2/c11-9-3-1-2-8-7(9)4-5-13-10(8)6-12/h1-3,10,12H,4-6H2. The van der Waals surface area contributed by atoms with Gasteiger partial charge in [0, 0.05) is 4.47 Å². The molecule has 1 aliphatic heterocycles. The van der Waals surface area contributed by atoms with Gasteiger partial charge < -0.3 is 9.84 Å². The Labute approximate surface area is 85.7 Å². The average Bonchev–Trinajstić information content (AvgIpc) is 2.18. The second kappa shape index (κ2) is 3.78. The zero-order valence-electron chi connectivity index (χ0n) is 7.16. The lowest BCUT2D eigenvalue weighted by Crippen LogP contribution is -2.19. The lowest BCUT2D eigenvalue weighted by Gasteiger charge is -2.25.